The van der Waals surface area contributed by atoms with Crippen molar-refractivity contribution in [3.63, 3.8) is 0 Å². The Balaban J connectivity index is 1.86. The number of hydrogen-bond donors (Lipinski definition) is 2. The predicted octanol–water partition coefficient (Wildman–Crippen LogP) is 0.188. The van der Waals surface area contributed by atoms with Gasteiger partial charge in [-0.25, -0.2) is 4.68 Å². The number of aryl methyl sites for hydroxylation is 2. The number of nitrogens with two attached hydrogens (primary N) is 1. The molecule has 3 heterocycles. The van der Waals surface area contributed by atoms with Crippen molar-refractivity contribution in [2.45, 2.75) is 27.3 Å². The molecule has 0 aliphatic carbocycles. The Morgan fingerprint density at radius 1 is 1.15 bits per heavy atom. The molecule has 0 unspecified atom stereocenters. The number of amides is 2. The van der Waals surface area contributed by atoms with Gasteiger partial charge < -0.3 is 11.1 Å². The van der Waals surface area contributed by atoms with Crippen LogP contribution in [0.1, 0.15) is 43.8 Å². The normalized spacial score (nSPS) is 10.9. The summed E-state index contributed by atoms with van der Waals surface area (Å²) in [7, 11) is 1.66. The highest BCUT2D eigenvalue weighted by Gasteiger charge is 2.23. The van der Waals surface area contributed by atoms with Crippen LogP contribution in [-0.4, -0.2) is 45.3 Å². The van der Waals surface area contributed by atoms with Gasteiger partial charge in [-0.3, -0.25) is 14.3 Å². The van der Waals surface area contributed by atoms with Crippen molar-refractivity contribution in [2.24, 2.45) is 12.8 Å². The second kappa shape index (κ2) is 6.63. The summed E-state index contributed by atoms with van der Waals surface area (Å²) >= 11 is 1.12. The molecule has 0 aromatic carbocycles. The third-order valence-corrected chi connectivity index (χ3v) is 4.71. The number of aromatic nitrogens is 7. The van der Waals surface area contributed by atoms with Crippen LogP contribution in [-0.2, 0) is 13.6 Å². The summed E-state index contributed by atoms with van der Waals surface area (Å²) in [6, 6.07) is 0. The molecule has 11 nitrogen and oxygen atoms in total. The van der Waals surface area contributed by atoms with Crippen molar-refractivity contribution in [3.05, 3.63) is 34.2 Å². The SMILES string of the molecule is Cc1nsnc1Cn1nnc(C(=O)Nc2c(C(N)=O)nn(C)c2C)c1C. The zero-order valence-corrected chi connectivity index (χ0v) is 15.5. The Kier molecular flexibility index (Phi) is 4.50. The van der Waals surface area contributed by atoms with Crippen LogP contribution >= 0.6 is 11.7 Å². The lowest BCUT2D eigenvalue weighted by atomic mass is 10.2. The van der Waals surface area contributed by atoms with E-state index in [1.54, 1.807) is 25.6 Å². The van der Waals surface area contributed by atoms with Crippen LogP contribution in [0.3, 0.4) is 0 Å². The molecule has 136 valence electrons. The second-order valence-electron chi connectivity index (χ2n) is 5.73. The monoisotopic (exact) mass is 375 g/mol. The molecular weight excluding hydrogens is 358 g/mol. The average molecular weight is 375 g/mol. The molecule has 0 atom stereocenters. The number of anilines is 1. The Morgan fingerprint density at radius 2 is 1.88 bits per heavy atom. The molecule has 3 rings (SSSR count). The number of hydrogen-bond acceptors (Lipinski definition) is 8. The molecule has 0 saturated heterocycles. The number of nitrogens with zero attached hydrogens (tertiary/aromatic N) is 7. The third-order valence-electron chi connectivity index (χ3n) is 4.05. The molecule has 12 heteroatoms. The molecule has 3 aromatic rings. The van der Waals surface area contributed by atoms with Crippen LogP contribution in [0.2, 0.25) is 0 Å². The van der Waals surface area contributed by atoms with Crippen LogP contribution in [0.5, 0.6) is 0 Å². The predicted molar refractivity (Wildman–Crippen MR) is 92.9 cm³/mol. The fourth-order valence-electron chi connectivity index (χ4n) is 2.36. The van der Waals surface area contributed by atoms with E-state index in [4.69, 9.17) is 5.73 Å². The summed E-state index contributed by atoms with van der Waals surface area (Å²) in [6.07, 6.45) is 0. The zero-order chi connectivity index (χ0) is 19.0. The molecule has 0 aliphatic rings. The van der Waals surface area contributed by atoms with Gasteiger partial charge in [0.1, 0.15) is 0 Å². The molecule has 0 saturated carbocycles. The Labute approximate surface area is 152 Å². The van der Waals surface area contributed by atoms with Crippen molar-refractivity contribution in [1.82, 2.24) is 33.5 Å². The summed E-state index contributed by atoms with van der Waals surface area (Å²) in [5, 5.41) is 14.6. The van der Waals surface area contributed by atoms with Gasteiger partial charge in [0.2, 0.25) is 0 Å². The number of rotatable bonds is 5. The van der Waals surface area contributed by atoms with E-state index in [1.165, 1.54) is 4.68 Å². The first kappa shape index (κ1) is 17.7. The molecule has 3 aromatic heterocycles. The minimum Gasteiger partial charge on any atom is -0.364 e. The van der Waals surface area contributed by atoms with Gasteiger partial charge in [0.05, 0.1) is 46.7 Å². The lowest BCUT2D eigenvalue weighted by Crippen LogP contribution is -2.19. The molecule has 3 N–H and O–H groups in total. The second-order valence-corrected chi connectivity index (χ2v) is 6.26. The largest absolute Gasteiger partial charge is 0.364 e. The standard InChI is InChI=1S/C14H17N9O2S/c1-6-9(20-26-19-6)5-23-8(3)11(17-21-23)14(25)16-10-7(2)22(4)18-12(10)13(15)24/h5H2,1-4H3,(H2,15,24)(H,16,25). The highest BCUT2D eigenvalue weighted by Crippen LogP contribution is 2.20. The van der Waals surface area contributed by atoms with Crippen molar-refractivity contribution >= 4 is 29.2 Å². The summed E-state index contributed by atoms with van der Waals surface area (Å²) in [6.45, 7) is 5.67. The maximum Gasteiger partial charge on any atom is 0.278 e. The van der Waals surface area contributed by atoms with Crippen LogP contribution < -0.4 is 11.1 Å². The van der Waals surface area contributed by atoms with Gasteiger partial charge >= 0.3 is 0 Å². The van der Waals surface area contributed by atoms with Gasteiger partial charge in [-0.1, -0.05) is 5.21 Å². The smallest absolute Gasteiger partial charge is 0.278 e. The Morgan fingerprint density at radius 3 is 2.50 bits per heavy atom. The molecule has 0 fully saturated rings. The highest BCUT2D eigenvalue weighted by molar-refractivity contribution is 6.99. The first-order chi connectivity index (χ1) is 12.3. The van der Waals surface area contributed by atoms with Crippen molar-refractivity contribution < 1.29 is 9.59 Å². The molecule has 0 spiro atoms. The minimum atomic E-state index is -0.726. The summed E-state index contributed by atoms with van der Waals surface area (Å²) < 4.78 is 11.4. The van der Waals surface area contributed by atoms with Crippen molar-refractivity contribution in [1.29, 1.82) is 0 Å². The fourth-order valence-corrected chi connectivity index (χ4v) is 2.92. The van der Waals surface area contributed by atoms with E-state index < -0.39 is 11.8 Å². The molecule has 0 aliphatic heterocycles. The average Bonchev–Trinajstić information content (AvgIpc) is 3.23. The van der Waals surface area contributed by atoms with Crippen LogP contribution in [0.15, 0.2) is 0 Å². The van der Waals surface area contributed by atoms with E-state index in [0.29, 0.717) is 17.9 Å². The molecular formula is C14H17N9O2S. The first-order valence-corrected chi connectivity index (χ1v) is 8.35. The lowest BCUT2D eigenvalue weighted by molar-refractivity contribution is 0.0995. The van der Waals surface area contributed by atoms with Gasteiger partial charge in [-0.15, -0.1) is 5.10 Å². The van der Waals surface area contributed by atoms with Crippen LogP contribution in [0, 0.1) is 20.8 Å². The summed E-state index contributed by atoms with van der Waals surface area (Å²) in [4.78, 5) is 24.1. The van der Waals surface area contributed by atoms with E-state index in [1.807, 2.05) is 6.92 Å². The van der Waals surface area contributed by atoms with Gasteiger partial charge in [-0.05, 0) is 20.8 Å². The lowest BCUT2D eigenvalue weighted by Gasteiger charge is -2.05. The minimum absolute atomic E-state index is 0.00688. The van der Waals surface area contributed by atoms with Crippen molar-refractivity contribution in [3.8, 4) is 0 Å². The highest BCUT2D eigenvalue weighted by atomic mass is 32.1. The Hall–Kier alpha value is -3.15. The quantitative estimate of drug-likeness (QED) is 0.647. The van der Waals surface area contributed by atoms with Gasteiger partial charge in [0.25, 0.3) is 11.8 Å². The maximum absolute atomic E-state index is 12.6. The summed E-state index contributed by atoms with van der Waals surface area (Å²) in [5.41, 5.74) is 8.47. The number of carbonyl (C=O) groups excluding carboxylic acids is 2. The Bertz CT molecular complexity index is 1000. The van der Waals surface area contributed by atoms with E-state index in [9.17, 15) is 9.59 Å². The number of nitrogens with one attached hydrogen (secondary N) is 1. The van der Waals surface area contributed by atoms with E-state index in [-0.39, 0.29) is 17.1 Å². The third kappa shape index (κ3) is 3.06. The number of primary amides is 1. The fraction of sp³-hybridized carbons (Fsp3) is 0.357. The maximum atomic E-state index is 12.6. The van der Waals surface area contributed by atoms with Crippen molar-refractivity contribution in [2.75, 3.05) is 5.32 Å². The molecule has 0 bridgehead atoms. The molecule has 0 radical (unpaired) electrons. The van der Waals surface area contributed by atoms with Gasteiger partial charge in [0, 0.05) is 7.05 Å². The van der Waals surface area contributed by atoms with E-state index in [2.05, 4.69) is 29.5 Å². The van der Waals surface area contributed by atoms with Crippen LogP contribution in [0.4, 0.5) is 5.69 Å². The number of carbonyl (C=O) groups is 2. The molecule has 26 heavy (non-hydrogen) atoms. The zero-order valence-electron chi connectivity index (χ0n) is 14.6. The van der Waals surface area contributed by atoms with E-state index >= 15 is 0 Å². The van der Waals surface area contributed by atoms with Gasteiger partial charge in [0.15, 0.2) is 11.4 Å². The van der Waals surface area contributed by atoms with Gasteiger partial charge in [-0.2, -0.15) is 13.8 Å². The topological polar surface area (TPSA) is 146 Å². The summed E-state index contributed by atoms with van der Waals surface area (Å²) in [5.74, 6) is -1.23. The first-order valence-electron chi connectivity index (χ1n) is 7.62. The van der Waals surface area contributed by atoms with E-state index in [0.717, 1.165) is 23.1 Å². The molecule has 2 amide bonds. The van der Waals surface area contributed by atoms with Crippen LogP contribution in [0.25, 0.3) is 0 Å².